The first-order chi connectivity index (χ1) is 19.4. The number of para-hydroxylation sites is 1. The molecule has 1 saturated carbocycles. The third kappa shape index (κ3) is 6.87. The van der Waals surface area contributed by atoms with Crippen molar-refractivity contribution < 1.29 is 13.9 Å². The van der Waals surface area contributed by atoms with Crippen LogP contribution in [0.3, 0.4) is 0 Å². The van der Waals surface area contributed by atoms with E-state index in [9.17, 15) is 9.18 Å². The van der Waals surface area contributed by atoms with Gasteiger partial charge in [-0.3, -0.25) is 4.79 Å². The molecule has 2 aromatic heterocycles. The number of likely N-dealkylation sites (N-methyl/N-ethyl adjacent to an activating group) is 1. The van der Waals surface area contributed by atoms with E-state index < -0.39 is 5.82 Å². The number of benzene rings is 2. The Hall–Kier alpha value is -3.75. The molecule has 1 aliphatic rings. The molecular weight excluding hydrogens is 529 g/mol. The van der Waals surface area contributed by atoms with Crippen LogP contribution in [0, 0.1) is 5.82 Å². The van der Waals surface area contributed by atoms with Gasteiger partial charge in [0.1, 0.15) is 6.10 Å². The van der Waals surface area contributed by atoms with Gasteiger partial charge in [-0.25, -0.2) is 14.4 Å². The number of fused-ring (bicyclic) bond motifs is 1. The van der Waals surface area contributed by atoms with E-state index in [4.69, 9.17) is 21.3 Å². The predicted molar refractivity (Wildman–Crippen MR) is 157 cm³/mol. The number of allylic oxidation sites excluding steroid dienone is 1. The molecule has 2 N–H and O–H groups in total. The molecule has 5 rings (SSSR count). The smallest absolute Gasteiger partial charge is 0.223 e. The maximum absolute atomic E-state index is 14.9. The summed E-state index contributed by atoms with van der Waals surface area (Å²) in [5.74, 6) is 0.181. The van der Waals surface area contributed by atoms with Crippen molar-refractivity contribution in [3.05, 3.63) is 83.4 Å². The van der Waals surface area contributed by atoms with Crippen LogP contribution in [-0.2, 0) is 11.2 Å². The van der Waals surface area contributed by atoms with E-state index >= 15 is 0 Å². The van der Waals surface area contributed by atoms with Crippen LogP contribution in [0.15, 0.2) is 67.0 Å². The number of H-pyrrole nitrogens is 1. The molecule has 0 radical (unpaired) electrons. The van der Waals surface area contributed by atoms with Crippen LogP contribution in [0.2, 0.25) is 5.02 Å². The van der Waals surface area contributed by atoms with Gasteiger partial charge in [-0.15, -0.1) is 0 Å². The van der Waals surface area contributed by atoms with Gasteiger partial charge in [-0.05, 0) is 63.2 Å². The number of hydrogen-bond acceptors (Lipinski definition) is 6. The van der Waals surface area contributed by atoms with Gasteiger partial charge in [0.05, 0.1) is 16.9 Å². The molecule has 0 amide bonds. The molecule has 0 unspecified atom stereocenters. The van der Waals surface area contributed by atoms with Crippen molar-refractivity contribution in [1.82, 2.24) is 19.9 Å². The van der Waals surface area contributed by atoms with Gasteiger partial charge in [0.15, 0.2) is 17.3 Å². The lowest BCUT2D eigenvalue weighted by Crippen LogP contribution is -2.33. The number of carbonyl (C=O) groups excluding carboxylic acids is 1. The summed E-state index contributed by atoms with van der Waals surface area (Å²) in [6.07, 6.45) is 10.3. The van der Waals surface area contributed by atoms with Crippen LogP contribution in [0.4, 0.5) is 10.3 Å². The van der Waals surface area contributed by atoms with Gasteiger partial charge in [-0.1, -0.05) is 41.9 Å². The van der Waals surface area contributed by atoms with Crippen molar-refractivity contribution in [3.63, 3.8) is 0 Å². The molecule has 1 fully saturated rings. The molecule has 0 bridgehead atoms. The minimum Gasteiger partial charge on any atom is -0.487 e. The zero-order valence-corrected chi connectivity index (χ0v) is 23.4. The fraction of sp³-hybridized carbons (Fsp3) is 0.323. The Morgan fingerprint density at radius 3 is 2.92 bits per heavy atom. The van der Waals surface area contributed by atoms with Crippen molar-refractivity contribution in [3.8, 4) is 17.0 Å². The third-order valence-corrected chi connectivity index (χ3v) is 7.27. The van der Waals surface area contributed by atoms with Crippen molar-refractivity contribution >= 4 is 34.2 Å². The molecule has 9 heteroatoms. The Bertz CT molecular complexity index is 1520. The summed E-state index contributed by atoms with van der Waals surface area (Å²) in [6, 6.07) is 12.8. The Labute approximate surface area is 238 Å². The summed E-state index contributed by atoms with van der Waals surface area (Å²) in [5.41, 5.74) is 3.21. The SMILES string of the molecule is CN(C)C/C=C/C(=O)Cc1ccc(O[C@@H]2CCC[C@@H](Nc3ncc(Cl)c(-c4c[nH]c5ccccc45)n3)C2)c(F)c1. The highest BCUT2D eigenvalue weighted by Crippen LogP contribution is 2.33. The van der Waals surface area contributed by atoms with E-state index in [1.807, 2.05) is 55.5 Å². The van der Waals surface area contributed by atoms with E-state index in [-0.39, 0.29) is 30.1 Å². The molecular formula is C31H33ClFN5O2. The highest BCUT2D eigenvalue weighted by Gasteiger charge is 2.25. The van der Waals surface area contributed by atoms with Crippen LogP contribution in [0.1, 0.15) is 31.2 Å². The topological polar surface area (TPSA) is 83.1 Å². The van der Waals surface area contributed by atoms with Crippen molar-refractivity contribution in [1.29, 1.82) is 0 Å². The number of anilines is 1. The normalized spacial score (nSPS) is 17.5. The summed E-state index contributed by atoms with van der Waals surface area (Å²) < 4.78 is 20.9. The number of nitrogens with zero attached hydrogens (tertiary/aromatic N) is 3. The lowest BCUT2D eigenvalue weighted by Gasteiger charge is -2.30. The van der Waals surface area contributed by atoms with E-state index in [0.717, 1.165) is 35.7 Å². The standard InChI is InChI=1S/C31H33ClFN5O2/c1-38(2)14-6-8-22(39)15-20-12-13-29(27(33)16-20)40-23-9-5-7-21(17-23)36-31-35-19-26(32)30(37-31)25-18-34-28-11-4-3-10-24(25)28/h3-4,6,8,10-13,16,18-19,21,23,34H,5,7,9,14-15,17H2,1-2H3,(H,35,36,37)/b8-6+/t21-,23-/m1/s1. The van der Waals surface area contributed by atoms with Gasteiger partial charge in [-0.2, -0.15) is 0 Å². The molecule has 2 atom stereocenters. The molecule has 4 aromatic rings. The molecule has 0 spiro atoms. The number of hydrogen-bond donors (Lipinski definition) is 2. The van der Waals surface area contributed by atoms with E-state index in [1.54, 1.807) is 24.4 Å². The largest absolute Gasteiger partial charge is 0.487 e. The summed E-state index contributed by atoms with van der Waals surface area (Å²) in [7, 11) is 3.86. The van der Waals surface area contributed by atoms with E-state index in [1.165, 1.54) is 6.07 Å². The molecule has 208 valence electrons. The second-order valence-electron chi connectivity index (χ2n) is 10.5. The van der Waals surface area contributed by atoms with Crippen molar-refractivity contribution in [2.75, 3.05) is 26.0 Å². The summed E-state index contributed by atoms with van der Waals surface area (Å²) in [6.45, 7) is 0.680. The van der Waals surface area contributed by atoms with Crippen LogP contribution < -0.4 is 10.1 Å². The Morgan fingerprint density at radius 1 is 1.25 bits per heavy atom. The monoisotopic (exact) mass is 561 g/mol. The number of ketones is 1. The Morgan fingerprint density at radius 2 is 2.10 bits per heavy atom. The lowest BCUT2D eigenvalue weighted by molar-refractivity contribution is -0.114. The van der Waals surface area contributed by atoms with Crippen molar-refractivity contribution in [2.24, 2.45) is 0 Å². The Balaban J connectivity index is 1.21. The third-order valence-electron chi connectivity index (χ3n) is 6.99. The number of ether oxygens (including phenoxy) is 1. The molecule has 40 heavy (non-hydrogen) atoms. The van der Waals surface area contributed by atoms with Crippen molar-refractivity contribution in [2.45, 2.75) is 44.2 Å². The number of rotatable bonds is 10. The number of aromatic amines is 1. The van der Waals surface area contributed by atoms with Gasteiger partial charge in [0.2, 0.25) is 5.95 Å². The van der Waals surface area contributed by atoms with Gasteiger partial charge in [0, 0.05) is 48.1 Å². The molecule has 1 aliphatic carbocycles. The first-order valence-electron chi connectivity index (χ1n) is 13.5. The number of halogens is 2. The highest BCUT2D eigenvalue weighted by molar-refractivity contribution is 6.33. The zero-order valence-electron chi connectivity index (χ0n) is 22.7. The molecule has 0 saturated heterocycles. The fourth-order valence-electron chi connectivity index (χ4n) is 5.04. The molecule has 7 nitrogen and oxygen atoms in total. The number of carbonyl (C=O) groups is 1. The second kappa shape index (κ2) is 12.6. The summed E-state index contributed by atoms with van der Waals surface area (Å²) in [5, 5.41) is 4.95. The first kappa shape index (κ1) is 27.8. The quantitative estimate of drug-likeness (QED) is 0.217. The number of nitrogens with one attached hydrogen (secondary N) is 2. The molecule has 2 heterocycles. The first-order valence-corrected chi connectivity index (χ1v) is 13.9. The van der Waals surface area contributed by atoms with E-state index in [2.05, 4.69) is 15.3 Å². The second-order valence-corrected chi connectivity index (χ2v) is 10.9. The predicted octanol–water partition coefficient (Wildman–Crippen LogP) is 6.45. The van der Waals surface area contributed by atoms with Gasteiger partial charge < -0.3 is 19.9 Å². The maximum atomic E-state index is 14.9. The summed E-state index contributed by atoms with van der Waals surface area (Å²) in [4.78, 5) is 26.5. The van der Waals surface area contributed by atoms with Crippen LogP contribution in [0.5, 0.6) is 5.75 Å². The minimum absolute atomic E-state index is 0.0617. The molecule has 0 aliphatic heterocycles. The van der Waals surface area contributed by atoms with Gasteiger partial charge >= 0.3 is 0 Å². The minimum atomic E-state index is -0.456. The van der Waals surface area contributed by atoms with Crippen LogP contribution in [-0.4, -0.2) is 58.4 Å². The lowest BCUT2D eigenvalue weighted by atomic mass is 9.93. The van der Waals surface area contributed by atoms with E-state index in [0.29, 0.717) is 35.2 Å². The average molecular weight is 562 g/mol. The zero-order chi connectivity index (χ0) is 28.1. The fourth-order valence-corrected chi connectivity index (χ4v) is 5.24. The maximum Gasteiger partial charge on any atom is 0.223 e. The summed E-state index contributed by atoms with van der Waals surface area (Å²) >= 11 is 6.49. The van der Waals surface area contributed by atoms with Crippen LogP contribution in [0.25, 0.3) is 22.2 Å². The highest BCUT2D eigenvalue weighted by atomic mass is 35.5. The molecule has 2 aromatic carbocycles. The van der Waals surface area contributed by atoms with Crippen LogP contribution >= 0.6 is 11.6 Å². The number of aromatic nitrogens is 3. The van der Waals surface area contributed by atoms with Gasteiger partial charge in [0.25, 0.3) is 0 Å². The Kier molecular flexibility index (Phi) is 8.77. The average Bonchev–Trinajstić information content (AvgIpc) is 3.35.